The number of rotatable bonds is 0. The molecule has 4 atom stereocenters. The Bertz CT molecular complexity index is 601. The minimum Gasteiger partial charge on any atom is -0.683 e. The standard InChI is InChI=1S/C22H28N4.Ni/c1-15-13-16(2)24-21-11-7-8-12-22(21)26-18(4)14-17(3)25-20-10-6-5-9-19(20)23-15;/h5-12,15-18H,13-14H2,1-4H3;/q-4;. The molecular weight excluding hydrogens is 379 g/mol. The summed E-state index contributed by atoms with van der Waals surface area (Å²) in [5.74, 6) is 0. The molecule has 0 bridgehead atoms. The summed E-state index contributed by atoms with van der Waals surface area (Å²) < 4.78 is 0. The van der Waals surface area contributed by atoms with Crippen LogP contribution in [0, 0.1) is 0 Å². The molecule has 2 aromatic carbocycles. The normalized spacial score (nSPS) is 25.6. The fourth-order valence-electron chi connectivity index (χ4n) is 3.51. The van der Waals surface area contributed by atoms with E-state index in [-0.39, 0.29) is 40.7 Å². The van der Waals surface area contributed by atoms with E-state index in [1.165, 1.54) is 0 Å². The zero-order valence-corrected chi connectivity index (χ0v) is 17.4. The van der Waals surface area contributed by atoms with Crippen LogP contribution in [0.4, 0.5) is 22.7 Å². The Balaban J connectivity index is 0.00000261. The van der Waals surface area contributed by atoms with Crippen molar-refractivity contribution in [2.75, 3.05) is 0 Å². The Morgan fingerprint density at radius 3 is 0.963 bits per heavy atom. The van der Waals surface area contributed by atoms with Crippen molar-refractivity contribution >= 4 is 22.7 Å². The molecule has 1 aliphatic rings. The molecule has 150 valence electrons. The first-order valence-electron chi connectivity index (χ1n) is 9.52. The summed E-state index contributed by atoms with van der Waals surface area (Å²) in [6, 6.07) is 17.1. The third-order valence-corrected chi connectivity index (χ3v) is 4.57. The molecule has 0 N–H and O–H groups in total. The molecule has 2 aromatic rings. The summed E-state index contributed by atoms with van der Waals surface area (Å²) in [6.45, 7) is 8.60. The van der Waals surface area contributed by atoms with Crippen LogP contribution in [0.15, 0.2) is 48.5 Å². The van der Waals surface area contributed by atoms with Crippen molar-refractivity contribution in [3.05, 3.63) is 69.8 Å². The van der Waals surface area contributed by atoms with E-state index in [1.807, 2.05) is 24.3 Å². The second-order valence-electron chi connectivity index (χ2n) is 7.36. The first-order valence-corrected chi connectivity index (χ1v) is 9.52. The van der Waals surface area contributed by atoms with Gasteiger partial charge in [0.25, 0.3) is 0 Å². The van der Waals surface area contributed by atoms with Crippen molar-refractivity contribution in [3.8, 4) is 0 Å². The largest absolute Gasteiger partial charge is 0.683 e. The van der Waals surface area contributed by atoms with E-state index >= 15 is 0 Å². The third kappa shape index (κ3) is 6.07. The van der Waals surface area contributed by atoms with Crippen molar-refractivity contribution < 1.29 is 16.5 Å². The fourth-order valence-corrected chi connectivity index (χ4v) is 3.51. The van der Waals surface area contributed by atoms with Gasteiger partial charge in [0.2, 0.25) is 0 Å². The van der Waals surface area contributed by atoms with Crippen molar-refractivity contribution in [2.45, 2.75) is 64.7 Å². The van der Waals surface area contributed by atoms with E-state index in [0.29, 0.717) is 0 Å². The minimum atomic E-state index is 0. The fraction of sp³-hybridized carbons (Fsp3) is 0.455. The van der Waals surface area contributed by atoms with Gasteiger partial charge >= 0.3 is 0 Å². The number of hydrogen-bond donors (Lipinski definition) is 0. The quantitative estimate of drug-likeness (QED) is 0.401. The maximum Gasteiger partial charge on any atom is 0 e. The monoisotopic (exact) mass is 406 g/mol. The van der Waals surface area contributed by atoms with Crippen molar-refractivity contribution in [2.24, 2.45) is 0 Å². The van der Waals surface area contributed by atoms with Gasteiger partial charge in [-0.25, -0.2) is 0 Å². The van der Waals surface area contributed by atoms with Gasteiger partial charge in [0.1, 0.15) is 0 Å². The molecule has 27 heavy (non-hydrogen) atoms. The van der Waals surface area contributed by atoms with Gasteiger partial charge in [-0.2, -0.15) is 22.7 Å². The van der Waals surface area contributed by atoms with Gasteiger partial charge in [-0.3, -0.25) is 0 Å². The first-order chi connectivity index (χ1) is 12.5. The molecule has 5 heteroatoms. The van der Waals surface area contributed by atoms with Crippen LogP contribution in [0.25, 0.3) is 21.3 Å². The molecule has 4 unspecified atom stereocenters. The van der Waals surface area contributed by atoms with Gasteiger partial charge in [0.15, 0.2) is 0 Å². The van der Waals surface area contributed by atoms with E-state index in [4.69, 9.17) is 21.3 Å². The van der Waals surface area contributed by atoms with Crippen LogP contribution in [-0.2, 0) is 16.5 Å². The summed E-state index contributed by atoms with van der Waals surface area (Å²) in [6.07, 6.45) is 1.79. The van der Waals surface area contributed by atoms with Gasteiger partial charge in [0, 0.05) is 16.5 Å². The Morgan fingerprint density at radius 2 is 0.741 bits per heavy atom. The Hall–Kier alpha value is -1.87. The third-order valence-electron chi connectivity index (χ3n) is 4.57. The van der Waals surface area contributed by atoms with Crippen molar-refractivity contribution in [1.29, 1.82) is 0 Å². The average molecular weight is 407 g/mol. The van der Waals surface area contributed by atoms with Gasteiger partial charge < -0.3 is 21.3 Å². The first kappa shape index (κ1) is 21.4. The van der Waals surface area contributed by atoms with Gasteiger partial charge in [0.05, 0.1) is 0 Å². The van der Waals surface area contributed by atoms with Crippen LogP contribution in [0.1, 0.15) is 40.5 Å². The van der Waals surface area contributed by atoms with E-state index < -0.39 is 0 Å². The van der Waals surface area contributed by atoms with Gasteiger partial charge in [-0.15, -0.1) is 24.2 Å². The molecule has 0 saturated carbocycles. The van der Waals surface area contributed by atoms with Crippen LogP contribution in [-0.4, -0.2) is 24.2 Å². The predicted molar refractivity (Wildman–Crippen MR) is 112 cm³/mol. The Labute approximate surface area is 173 Å². The SMILES string of the molecule is CC1CC(C)[N-]c2ccccc2[N-]C(C)CC(C)[N-]c2ccccc2[N-]1.[Ni]. The molecule has 4 nitrogen and oxygen atoms in total. The summed E-state index contributed by atoms with van der Waals surface area (Å²) in [4.78, 5) is 0. The maximum absolute atomic E-state index is 4.91. The molecule has 1 heterocycles. The topological polar surface area (TPSA) is 56.4 Å². The summed E-state index contributed by atoms with van der Waals surface area (Å²) >= 11 is 0. The summed E-state index contributed by atoms with van der Waals surface area (Å²) in [7, 11) is 0. The number of fused-ring (bicyclic) bond motifs is 2. The molecule has 0 radical (unpaired) electrons. The molecule has 0 aromatic heterocycles. The molecule has 0 saturated heterocycles. The number of benzene rings is 2. The molecule has 0 spiro atoms. The number of hydrogen-bond acceptors (Lipinski definition) is 0. The average Bonchev–Trinajstić information content (AvgIpc) is 2.57. The van der Waals surface area contributed by atoms with Crippen LogP contribution < -0.4 is 0 Å². The Kier molecular flexibility index (Phi) is 7.85. The predicted octanol–water partition coefficient (Wildman–Crippen LogP) is 7.75. The molecule has 0 aliphatic carbocycles. The van der Waals surface area contributed by atoms with Gasteiger partial charge in [-0.1, -0.05) is 89.1 Å². The molecular formula is C22H28N4Ni-4. The Morgan fingerprint density at radius 1 is 0.519 bits per heavy atom. The van der Waals surface area contributed by atoms with Crippen LogP contribution in [0.3, 0.4) is 0 Å². The van der Waals surface area contributed by atoms with E-state index in [9.17, 15) is 0 Å². The van der Waals surface area contributed by atoms with Crippen molar-refractivity contribution in [1.82, 2.24) is 0 Å². The minimum absolute atomic E-state index is 0. The smallest absolute Gasteiger partial charge is 0 e. The second kappa shape index (κ2) is 9.89. The van der Waals surface area contributed by atoms with Crippen LogP contribution in [0.2, 0.25) is 0 Å². The number of nitrogens with zero attached hydrogens (tertiary/aromatic N) is 4. The van der Waals surface area contributed by atoms with E-state index in [1.54, 1.807) is 0 Å². The van der Waals surface area contributed by atoms with Crippen LogP contribution in [0.5, 0.6) is 0 Å². The molecule has 0 amide bonds. The van der Waals surface area contributed by atoms with Crippen molar-refractivity contribution in [3.63, 3.8) is 0 Å². The zero-order valence-electron chi connectivity index (χ0n) is 16.4. The molecule has 0 fully saturated rings. The second-order valence-corrected chi connectivity index (χ2v) is 7.36. The maximum atomic E-state index is 4.91. The van der Waals surface area contributed by atoms with E-state index in [2.05, 4.69) is 52.0 Å². The summed E-state index contributed by atoms with van der Waals surface area (Å²) in [5.41, 5.74) is 3.89. The van der Waals surface area contributed by atoms with E-state index in [0.717, 1.165) is 35.6 Å². The zero-order chi connectivity index (χ0) is 18.5. The van der Waals surface area contributed by atoms with Gasteiger partial charge in [-0.05, 0) is 0 Å². The van der Waals surface area contributed by atoms with Crippen LogP contribution >= 0.6 is 0 Å². The molecule has 1 aliphatic heterocycles. The summed E-state index contributed by atoms with van der Waals surface area (Å²) in [5, 5.41) is 19.6. The number of para-hydroxylation sites is 4. The molecule has 3 rings (SSSR count).